The zero-order valence-corrected chi connectivity index (χ0v) is 19.1. The molecule has 0 saturated carbocycles. The number of benzene rings is 2. The van der Waals surface area contributed by atoms with E-state index in [0.717, 1.165) is 4.90 Å². The van der Waals surface area contributed by atoms with E-state index < -0.39 is 41.6 Å². The molecule has 12 heteroatoms. The molecule has 2 heterocycles. The van der Waals surface area contributed by atoms with Crippen LogP contribution in [0, 0.1) is 0 Å². The summed E-state index contributed by atoms with van der Waals surface area (Å²) in [6.07, 6.45) is 0.242. The Morgan fingerprint density at radius 2 is 1.86 bits per heavy atom. The van der Waals surface area contributed by atoms with E-state index in [-0.39, 0.29) is 55.0 Å². The molecule has 7 N–H and O–H groups in total. The second kappa shape index (κ2) is 10.0. The van der Waals surface area contributed by atoms with Crippen molar-refractivity contribution in [2.45, 2.75) is 31.3 Å². The average Bonchev–Trinajstić information content (AvgIpc) is 3.09. The van der Waals surface area contributed by atoms with Gasteiger partial charge in [0.25, 0.3) is 11.8 Å². The van der Waals surface area contributed by atoms with Crippen LogP contribution in [-0.2, 0) is 20.8 Å². The highest BCUT2D eigenvalue weighted by molar-refractivity contribution is 6.25. The Labute approximate surface area is 205 Å². The number of carbonyl (C=O) groups is 5. The number of nitrogens with one attached hydrogen (secondary N) is 3. The smallest absolute Gasteiger partial charge is 0.264 e. The summed E-state index contributed by atoms with van der Waals surface area (Å²) in [5, 5.41) is 26.8. The van der Waals surface area contributed by atoms with Gasteiger partial charge in [-0.15, -0.1) is 0 Å². The van der Waals surface area contributed by atoms with Crippen LogP contribution in [0.4, 0.5) is 5.69 Å². The molecule has 2 unspecified atom stereocenters. The Morgan fingerprint density at radius 3 is 2.58 bits per heavy atom. The lowest BCUT2D eigenvalue weighted by atomic mass is 10.0. The van der Waals surface area contributed by atoms with Crippen LogP contribution in [0.25, 0.3) is 0 Å². The van der Waals surface area contributed by atoms with Crippen molar-refractivity contribution in [1.29, 1.82) is 0 Å². The van der Waals surface area contributed by atoms with Crippen molar-refractivity contribution in [3.63, 3.8) is 0 Å². The normalized spacial score (nSPS) is 18.0. The number of amides is 5. The van der Waals surface area contributed by atoms with Crippen LogP contribution in [0.1, 0.15) is 39.1 Å². The molecule has 36 heavy (non-hydrogen) atoms. The zero-order valence-electron chi connectivity index (χ0n) is 19.1. The third kappa shape index (κ3) is 4.84. The van der Waals surface area contributed by atoms with Crippen molar-refractivity contribution in [2.24, 2.45) is 5.73 Å². The summed E-state index contributed by atoms with van der Waals surface area (Å²) in [5.74, 6) is -3.36. The highest BCUT2D eigenvalue weighted by Gasteiger charge is 2.45. The van der Waals surface area contributed by atoms with E-state index in [2.05, 4.69) is 16.0 Å². The lowest BCUT2D eigenvalue weighted by Crippen LogP contribution is -2.54. The Morgan fingerprint density at radius 1 is 1.08 bits per heavy atom. The Hall–Kier alpha value is -4.45. The Balaban J connectivity index is 1.34. The number of phenols is 2. The van der Waals surface area contributed by atoms with E-state index in [1.54, 1.807) is 18.2 Å². The molecule has 0 aromatic heterocycles. The number of carbonyl (C=O) groups excluding carboxylic acids is 5. The van der Waals surface area contributed by atoms with Gasteiger partial charge in [0.05, 0.1) is 17.2 Å². The summed E-state index contributed by atoms with van der Waals surface area (Å²) in [4.78, 5) is 62.8. The maximum absolute atomic E-state index is 13.1. The Bertz CT molecular complexity index is 1260. The molecular weight excluding hydrogens is 470 g/mol. The topological polar surface area (TPSA) is 191 Å². The molecule has 0 radical (unpaired) electrons. The molecule has 2 aromatic rings. The van der Waals surface area contributed by atoms with Crippen molar-refractivity contribution in [3.05, 3.63) is 53.1 Å². The number of imide groups is 2. The first-order chi connectivity index (χ1) is 17.2. The summed E-state index contributed by atoms with van der Waals surface area (Å²) in [6, 6.07) is 6.95. The molecule has 0 bridgehead atoms. The third-order valence-electron chi connectivity index (χ3n) is 6.04. The molecule has 0 aliphatic carbocycles. The molecule has 1 fully saturated rings. The number of nitrogens with two attached hydrogens (primary N) is 1. The van der Waals surface area contributed by atoms with Gasteiger partial charge in [0.2, 0.25) is 17.7 Å². The molecule has 4 rings (SSSR count). The van der Waals surface area contributed by atoms with Crippen molar-refractivity contribution >= 4 is 35.2 Å². The van der Waals surface area contributed by atoms with Gasteiger partial charge in [-0.2, -0.15) is 0 Å². The van der Waals surface area contributed by atoms with Crippen LogP contribution in [0.2, 0.25) is 0 Å². The van der Waals surface area contributed by atoms with Crippen molar-refractivity contribution in [3.8, 4) is 11.5 Å². The number of anilines is 1. The van der Waals surface area contributed by atoms with Gasteiger partial charge >= 0.3 is 0 Å². The SMILES string of the molecule is NC(Cc1ccc(O)c(O)c1)C(=O)NCCNc1cccc2c1C(=O)N(C1CCC(=O)NC1=O)C2=O. The summed E-state index contributed by atoms with van der Waals surface area (Å²) in [7, 11) is 0. The molecule has 2 aliphatic heterocycles. The van der Waals surface area contributed by atoms with Crippen molar-refractivity contribution in [2.75, 3.05) is 18.4 Å². The average molecular weight is 495 g/mol. The molecule has 188 valence electrons. The highest BCUT2D eigenvalue weighted by Crippen LogP contribution is 2.32. The van der Waals surface area contributed by atoms with Crippen LogP contribution >= 0.6 is 0 Å². The van der Waals surface area contributed by atoms with Gasteiger partial charge in [0.15, 0.2) is 11.5 Å². The standard InChI is InChI=1S/C24H25N5O7/c25-14(10-12-4-6-17(30)18(31)11-12)21(33)27-9-8-26-15-3-1-2-13-20(15)24(36)29(23(13)35)16-5-7-19(32)28-22(16)34/h1-4,6,11,14,16,26,30-31H,5,7-10,25H2,(H,27,33)(H,28,32,34). The van der Waals surface area contributed by atoms with E-state index in [4.69, 9.17) is 5.73 Å². The van der Waals surface area contributed by atoms with E-state index in [9.17, 15) is 34.2 Å². The number of piperidine rings is 1. The van der Waals surface area contributed by atoms with Crippen LogP contribution in [-0.4, -0.2) is 69.8 Å². The largest absolute Gasteiger partial charge is 0.504 e. The summed E-state index contributed by atoms with van der Waals surface area (Å²) >= 11 is 0. The highest BCUT2D eigenvalue weighted by atomic mass is 16.3. The summed E-state index contributed by atoms with van der Waals surface area (Å²) < 4.78 is 0. The number of hydrogen-bond donors (Lipinski definition) is 6. The minimum atomic E-state index is -1.06. The van der Waals surface area contributed by atoms with Gasteiger partial charge < -0.3 is 26.6 Å². The first-order valence-electron chi connectivity index (χ1n) is 11.3. The lowest BCUT2D eigenvalue weighted by Gasteiger charge is -2.27. The van der Waals surface area contributed by atoms with Crippen molar-refractivity contribution in [1.82, 2.24) is 15.5 Å². The maximum atomic E-state index is 13.1. The van der Waals surface area contributed by atoms with Gasteiger partial charge in [0.1, 0.15) is 6.04 Å². The number of phenolic OH excluding ortho intramolecular Hbond substituents is 2. The van der Waals surface area contributed by atoms with Gasteiger partial charge in [-0.3, -0.25) is 34.2 Å². The van der Waals surface area contributed by atoms with Crippen LogP contribution in [0.15, 0.2) is 36.4 Å². The monoisotopic (exact) mass is 495 g/mol. The van der Waals surface area contributed by atoms with E-state index >= 15 is 0 Å². The predicted molar refractivity (Wildman–Crippen MR) is 126 cm³/mol. The van der Waals surface area contributed by atoms with Crippen LogP contribution in [0.3, 0.4) is 0 Å². The number of rotatable bonds is 8. The number of nitrogens with zero attached hydrogens (tertiary/aromatic N) is 1. The predicted octanol–water partition coefficient (Wildman–Crippen LogP) is -0.403. The van der Waals surface area contributed by atoms with Gasteiger partial charge in [-0.25, -0.2) is 0 Å². The second-order valence-electron chi connectivity index (χ2n) is 8.53. The molecule has 2 aliphatic rings. The van der Waals surface area contributed by atoms with Gasteiger partial charge in [-0.1, -0.05) is 12.1 Å². The van der Waals surface area contributed by atoms with Crippen LogP contribution in [0.5, 0.6) is 11.5 Å². The molecule has 5 amide bonds. The molecular formula is C24H25N5O7. The first kappa shape index (κ1) is 24.7. The molecule has 2 atom stereocenters. The summed E-state index contributed by atoms with van der Waals surface area (Å²) in [5.41, 5.74) is 7.16. The second-order valence-corrected chi connectivity index (χ2v) is 8.53. The fourth-order valence-corrected chi connectivity index (χ4v) is 4.22. The Kier molecular flexibility index (Phi) is 6.88. The summed E-state index contributed by atoms with van der Waals surface area (Å²) in [6.45, 7) is 0.380. The maximum Gasteiger partial charge on any atom is 0.264 e. The van der Waals surface area contributed by atoms with E-state index in [1.807, 2.05) is 0 Å². The molecule has 0 spiro atoms. The molecule has 1 saturated heterocycles. The molecule has 2 aromatic carbocycles. The van der Waals surface area contributed by atoms with E-state index in [1.165, 1.54) is 18.2 Å². The zero-order chi connectivity index (χ0) is 26.0. The number of fused-ring (bicyclic) bond motifs is 1. The third-order valence-corrected chi connectivity index (χ3v) is 6.04. The fraction of sp³-hybridized carbons (Fsp3) is 0.292. The quantitative estimate of drug-likeness (QED) is 0.161. The molecule has 12 nitrogen and oxygen atoms in total. The van der Waals surface area contributed by atoms with Gasteiger partial charge in [-0.05, 0) is 42.7 Å². The van der Waals surface area contributed by atoms with Crippen molar-refractivity contribution < 1.29 is 34.2 Å². The van der Waals surface area contributed by atoms with Gasteiger partial charge in [0, 0.05) is 25.2 Å². The number of aromatic hydroxyl groups is 2. The van der Waals surface area contributed by atoms with E-state index in [0.29, 0.717) is 11.3 Å². The fourth-order valence-electron chi connectivity index (χ4n) is 4.22. The first-order valence-corrected chi connectivity index (χ1v) is 11.3. The minimum Gasteiger partial charge on any atom is -0.504 e. The number of hydrogen-bond acceptors (Lipinski definition) is 9. The van der Waals surface area contributed by atoms with Crippen LogP contribution < -0.4 is 21.7 Å². The lowest BCUT2D eigenvalue weighted by molar-refractivity contribution is -0.136. The minimum absolute atomic E-state index is 0.0324.